The van der Waals surface area contributed by atoms with Crippen LogP contribution in [0, 0.1) is 11.6 Å². The number of rotatable bonds is 30. The van der Waals surface area contributed by atoms with E-state index in [9.17, 15) is 8.78 Å². The maximum Gasteiger partial charge on any atom is 0.166 e. The summed E-state index contributed by atoms with van der Waals surface area (Å²) < 4.78 is 60.2. The molecule has 4 aromatic heterocycles. The first-order chi connectivity index (χ1) is 58.6. The van der Waals surface area contributed by atoms with Crippen molar-refractivity contribution in [3.8, 4) is 34.5 Å². The molecule has 0 aliphatic carbocycles. The van der Waals surface area contributed by atoms with Crippen molar-refractivity contribution in [2.75, 3.05) is 38.5 Å². The van der Waals surface area contributed by atoms with Gasteiger partial charge in [0.25, 0.3) is 0 Å². The molecule has 0 unspecified atom stereocenters. The highest BCUT2D eigenvalue weighted by Crippen LogP contribution is 2.36. The van der Waals surface area contributed by atoms with Crippen molar-refractivity contribution in [2.45, 2.75) is 179 Å². The van der Waals surface area contributed by atoms with E-state index in [0.29, 0.717) is 132 Å². The third kappa shape index (κ3) is 38.9. The Labute approximate surface area is 772 Å². The molecule has 0 saturated heterocycles. The number of aliphatic hydroxyl groups is 1. The van der Waals surface area contributed by atoms with Crippen LogP contribution < -0.4 is 59.9 Å². The summed E-state index contributed by atoms with van der Waals surface area (Å²) in [5.41, 5.74) is 9.26. The lowest BCUT2D eigenvalue weighted by Crippen LogP contribution is -2.25. The number of ether oxygens (including phenoxy) is 6. The Morgan fingerprint density at radius 3 is 1.20 bits per heavy atom. The van der Waals surface area contributed by atoms with E-state index in [1.807, 2.05) is 200 Å². The maximum atomic E-state index is 13.3. The van der Waals surface area contributed by atoms with Crippen LogP contribution in [0.1, 0.15) is 130 Å². The molecule has 0 aliphatic rings. The Morgan fingerprint density at radius 2 is 0.813 bits per heavy atom. The molecule has 0 saturated carbocycles. The molecule has 123 heavy (non-hydrogen) atoms. The van der Waals surface area contributed by atoms with Crippen molar-refractivity contribution < 1.29 is 42.3 Å². The zero-order valence-corrected chi connectivity index (χ0v) is 79.0. The van der Waals surface area contributed by atoms with Crippen LogP contribution in [0.5, 0.6) is 34.5 Å². The van der Waals surface area contributed by atoms with E-state index in [-0.39, 0.29) is 41.2 Å². The number of hydrogen-bond donors (Lipinski definition) is 6. The molecule has 0 atom stereocenters. The third-order valence-electron chi connectivity index (χ3n) is 16.2. The molecular formula is C94H107Cl9F2N10O7S. The van der Waals surface area contributed by atoms with Gasteiger partial charge in [-0.3, -0.25) is 15.0 Å². The average molecular weight is 1880 g/mol. The van der Waals surface area contributed by atoms with Gasteiger partial charge in [-0.1, -0.05) is 135 Å². The van der Waals surface area contributed by atoms with Gasteiger partial charge in [0, 0.05) is 107 Å². The minimum absolute atomic E-state index is 0.0349. The van der Waals surface area contributed by atoms with Crippen LogP contribution in [0.15, 0.2) is 224 Å². The first-order valence-electron chi connectivity index (χ1n) is 39.5. The second-order valence-corrected chi connectivity index (χ2v) is 33.9. The van der Waals surface area contributed by atoms with E-state index in [4.69, 9.17) is 138 Å². The summed E-state index contributed by atoms with van der Waals surface area (Å²) in [5, 5.41) is 32.0. The highest BCUT2D eigenvalue weighted by molar-refractivity contribution is 7.09. The summed E-state index contributed by atoms with van der Waals surface area (Å²) in [4.78, 5) is 18.9. The summed E-state index contributed by atoms with van der Waals surface area (Å²) >= 11 is 55.6. The Morgan fingerprint density at radius 1 is 0.382 bits per heavy atom. The molecular weight excluding hydrogens is 1770 g/mol. The number of hydrogen-bond acceptors (Lipinski definition) is 18. The molecule has 6 N–H and O–H groups in total. The molecule has 8 aromatic carbocycles. The van der Waals surface area contributed by atoms with Crippen LogP contribution in [-0.2, 0) is 39.6 Å². The van der Waals surface area contributed by atoms with Gasteiger partial charge in [-0.05, 0) is 266 Å². The summed E-state index contributed by atoms with van der Waals surface area (Å²) in [5.74, 6) is 3.22. The second kappa shape index (κ2) is 54.6. The molecule has 0 amide bonds. The lowest BCUT2D eigenvalue weighted by molar-refractivity contribution is 0.241. The normalized spacial score (nSPS) is 10.6. The van der Waals surface area contributed by atoms with E-state index in [1.165, 1.54) is 12.1 Å². The quantitative estimate of drug-likeness (QED) is 0.0233. The minimum atomic E-state index is -0.497. The summed E-state index contributed by atoms with van der Waals surface area (Å²) in [7, 11) is 2.05. The van der Waals surface area contributed by atoms with Crippen molar-refractivity contribution >= 4 is 150 Å². The molecule has 0 radical (unpaired) electrons. The van der Waals surface area contributed by atoms with Crippen LogP contribution in [-0.4, -0.2) is 74.4 Å². The van der Waals surface area contributed by atoms with Gasteiger partial charge in [-0.25, -0.2) is 13.8 Å². The number of aliphatic hydroxyl groups excluding tert-OH is 1. The third-order valence-corrected chi connectivity index (χ3v) is 19.9. The maximum absolute atomic E-state index is 13.3. The number of anilines is 6. The molecule has 4 heterocycles. The van der Waals surface area contributed by atoms with Gasteiger partial charge in [0.15, 0.2) is 5.82 Å². The molecule has 0 fully saturated rings. The van der Waals surface area contributed by atoms with Crippen LogP contribution in [0.25, 0.3) is 0 Å². The van der Waals surface area contributed by atoms with Crippen molar-refractivity contribution in [1.29, 1.82) is 0 Å². The lowest BCUT2D eigenvalue weighted by Gasteiger charge is -2.24. The second-order valence-electron chi connectivity index (χ2n) is 29.3. The van der Waals surface area contributed by atoms with Crippen LogP contribution in [0.3, 0.4) is 0 Å². The summed E-state index contributed by atoms with van der Waals surface area (Å²) in [6.45, 7) is 30.4. The first-order valence-corrected chi connectivity index (χ1v) is 43.8. The highest BCUT2D eigenvalue weighted by atomic mass is 35.5. The summed E-state index contributed by atoms with van der Waals surface area (Å²) in [6, 6.07) is 60.2. The van der Waals surface area contributed by atoms with Gasteiger partial charge in [-0.2, -0.15) is 0 Å². The Kier molecular flexibility index (Phi) is 45.6. The fourth-order valence-corrected chi connectivity index (χ4v) is 12.9. The summed E-state index contributed by atoms with van der Waals surface area (Å²) in [6.07, 6.45) is 7.12. The van der Waals surface area contributed by atoms with Gasteiger partial charge in [-0.15, -0.1) is 11.3 Å². The van der Waals surface area contributed by atoms with Gasteiger partial charge in [0.2, 0.25) is 0 Å². The van der Waals surface area contributed by atoms with Gasteiger partial charge in [0.05, 0.1) is 81.3 Å². The standard InChI is InChI=1S/C16H17ClFNO.C16H19ClN2O.C15H17ClN2O.C15H16ClNO2.C13H15ClN2OS.C10H13Cl2NO.C9H10Cl2FN/c1-11(2)19-14-6-7-16(15(17)9-14)20-10-12-4-3-5-13(18)8-12;1-12(2)19(3)14-7-8-16(15(17)10-14)20-11-13-6-4-5-9-18-13;1-11(2)18-12-6-7-15(14(16)9-12)19-10-13-5-3-4-8-17-13;1-11(2)19-13-6-7-15(14(16)9-13)18-10-12-5-3-4-8-17-12;1-9(2)16-10-3-4-12(11(14)7-10)17-8-13-15-5-6-18-13;1-6(2)13-10-3-7(5-14)8(11)4-9(10)12;1-5(2)13-7-4-3-6(10)8(11)9(7)12/h3-9,11,19H,10H2,1-2H3;4-10,12H,11H2,1-3H3;3-9,11,18H,10H2,1-2H3;3-9,11H,10H2,1-2H3;3-7,9,16H,8H2,1-2H3;3-4,6,13-14H,5H2,1-2H3;3-5,13H,1-2H3. The minimum Gasteiger partial charge on any atom is -0.491 e. The number of benzene rings is 8. The zero-order chi connectivity index (χ0) is 90.1. The Hall–Kier alpha value is -9.13. The van der Waals surface area contributed by atoms with E-state index in [2.05, 4.69) is 107 Å². The molecule has 12 rings (SSSR count). The Balaban J connectivity index is 0.000000223. The fraction of sp³-hybridized carbons (Fsp3) is 0.298. The number of aromatic nitrogens is 4. The molecule has 0 aliphatic heterocycles. The smallest absolute Gasteiger partial charge is 0.166 e. The van der Waals surface area contributed by atoms with Crippen molar-refractivity contribution in [3.63, 3.8) is 0 Å². The first kappa shape index (κ1) is 103. The van der Waals surface area contributed by atoms with E-state index in [1.54, 1.807) is 72.5 Å². The van der Waals surface area contributed by atoms with Crippen LogP contribution in [0.2, 0.25) is 45.2 Å². The number of halogens is 11. The topological polar surface area (TPSA) is 191 Å². The lowest BCUT2D eigenvalue weighted by atomic mass is 10.2. The molecule has 12 aromatic rings. The van der Waals surface area contributed by atoms with E-state index >= 15 is 0 Å². The number of pyridine rings is 3. The fourth-order valence-electron chi connectivity index (χ4n) is 10.4. The van der Waals surface area contributed by atoms with Crippen molar-refractivity contribution in [1.82, 2.24) is 19.9 Å². The molecule has 0 bridgehead atoms. The van der Waals surface area contributed by atoms with Gasteiger partial charge in [0.1, 0.15) is 78.4 Å². The predicted octanol–water partition coefficient (Wildman–Crippen LogP) is 28.7. The van der Waals surface area contributed by atoms with Crippen molar-refractivity contribution in [2.24, 2.45) is 0 Å². The van der Waals surface area contributed by atoms with Gasteiger partial charge < -0.3 is 65.0 Å². The zero-order valence-electron chi connectivity index (χ0n) is 71.3. The predicted molar refractivity (Wildman–Crippen MR) is 512 cm³/mol. The van der Waals surface area contributed by atoms with Gasteiger partial charge >= 0.3 is 0 Å². The van der Waals surface area contributed by atoms with E-state index < -0.39 is 5.82 Å². The van der Waals surface area contributed by atoms with Crippen LogP contribution in [0.4, 0.5) is 42.9 Å². The molecule has 0 spiro atoms. The van der Waals surface area contributed by atoms with Crippen molar-refractivity contribution in [3.05, 3.63) is 314 Å². The number of thiazole rings is 1. The van der Waals surface area contributed by atoms with E-state index in [0.717, 1.165) is 61.8 Å². The Bertz CT molecular complexity index is 5000. The molecule has 29 heteroatoms. The highest BCUT2D eigenvalue weighted by Gasteiger charge is 2.15. The molecule has 658 valence electrons. The monoisotopic (exact) mass is 1870 g/mol. The number of nitrogens with one attached hydrogen (secondary N) is 5. The molecule has 17 nitrogen and oxygen atoms in total. The average Bonchev–Trinajstić information content (AvgIpc) is 1.47. The largest absolute Gasteiger partial charge is 0.491 e. The van der Waals surface area contributed by atoms with Crippen LogP contribution >= 0.6 is 116 Å². The SMILES string of the molecule is CC(C)N(C)c1ccc(OCc2ccccn2)c(Cl)c1.CC(C)Nc1cc(CO)c(Cl)cc1Cl.CC(C)Nc1ccc(Cl)c(Cl)c1F.CC(C)Nc1ccc(OCc2cccc(F)c2)c(Cl)c1.CC(C)Nc1ccc(OCc2ccccn2)c(Cl)c1.CC(C)Nc1ccc(OCc2nccs2)c(Cl)c1.CC(C)Oc1ccc(OCc2ccccn2)c(Cl)c1. The number of nitrogens with zero attached hydrogens (tertiary/aromatic N) is 5.